The molecule has 3 unspecified atom stereocenters. The van der Waals surface area contributed by atoms with Gasteiger partial charge in [-0.05, 0) is 26.3 Å². The standard InChI is InChI=1S/C11H19N3OS/c1-9(16(2)15)7-14-8-12-6-11(14)10-4-3-5-13-10/h6,8-10,13H,3-5,7H2,1-2H3. The third-order valence-electron chi connectivity index (χ3n) is 3.18. The van der Waals surface area contributed by atoms with Crippen LogP contribution in [0.25, 0.3) is 0 Å². The summed E-state index contributed by atoms with van der Waals surface area (Å²) in [6.45, 7) is 3.89. The summed E-state index contributed by atoms with van der Waals surface area (Å²) in [5.41, 5.74) is 1.23. The molecular weight excluding hydrogens is 222 g/mol. The lowest BCUT2D eigenvalue weighted by atomic mass is 10.2. The van der Waals surface area contributed by atoms with Crippen molar-refractivity contribution in [2.24, 2.45) is 0 Å². The Morgan fingerprint density at radius 3 is 3.19 bits per heavy atom. The quantitative estimate of drug-likeness (QED) is 0.858. The van der Waals surface area contributed by atoms with Gasteiger partial charge in [0.1, 0.15) is 0 Å². The molecule has 0 bridgehead atoms. The topological polar surface area (TPSA) is 46.9 Å². The van der Waals surface area contributed by atoms with Gasteiger partial charge in [0.15, 0.2) is 0 Å². The summed E-state index contributed by atoms with van der Waals surface area (Å²) in [5.74, 6) is 0. The SMILES string of the molecule is CC(Cn1cncc1C1CCCN1)S(C)=O. The van der Waals surface area contributed by atoms with Gasteiger partial charge in [0.25, 0.3) is 0 Å². The van der Waals surface area contributed by atoms with Crippen LogP contribution in [0.4, 0.5) is 0 Å². The van der Waals surface area contributed by atoms with E-state index in [4.69, 9.17) is 0 Å². The van der Waals surface area contributed by atoms with Crippen LogP contribution in [0.5, 0.6) is 0 Å². The Morgan fingerprint density at radius 1 is 1.75 bits per heavy atom. The molecule has 1 fully saturated rings. The largest absolute Gasteiger partial charge is 0.332 e. The summed E-state index contributed by atoms with van der Waals surface area (Å²) < 4.78 is 13.5. The first-order chi connectivity index (χ1) is 7.68. The number of imidazole rings is 1. The Balaban J connectivity index is 2.09. The zero-order chi connectivity index (χ0) is 11.5. The Morgan fingerprint density at radius 2 is 2.56 bits per heavy atom. The molecule has 0 aromatic carbocycles. The van der Waals surface area contributed by atoms with E-state index in [9.17, 15) is 4.21 Å². The summed E-state index contributed by atoms with van der Waals surface area (Å²) >= 11 is 0. The molecule has 0 radical (unpaired) electrons. The molecule has 1 N–H and O–H groups in total. The highest BCUT2D eigenvalue weighted by atomic mass is 32.2. The van der Waals surface area contributed by atoms with Crippen molar-refractivity contribution in [2.75, 3.05) is 12.8 Å². The molecule has 5 heteroatoms. The first-order valence-electron chi connectivity index (χ1n) is 5.74. The Bertz CT molecular complexity index is 371. The molecule has 1 saturated heterocycles. The maximum Gasteiger partial charge on any atom is 0.0949 e. The van der Waals surface area contributed by atoms with Gasteiger partial charge >= 0.3 is 0 Å². The summed E-state index contributed by atoms with van der Waals surface area (Å²) in [7, 11) is -0.774. The minimum atomic E-state index is -0.774. The summed E-state index contributed by atoms with van der Waals surface area (Å²) in [4.78, 5) is 4.20. The first kappa shape index (κ1) is 11.8. The Kier molecular flexibility index (Phi) is 3.76. The Labute approximate surface area is 98.9 Å². The van der Waals surface area contributed by atoms with Gasteiger partial charge in [0, 0.05) is 41.1 Å². The average molecular weight is 241 g/mol. The lowest BCUT2D eigenvalue weighted by Crippen LogP contribution is -2.22. The van der Waals surface area contributed by atoms with Crippen LogP contribution in [-0.4, -0.2) is 31.8 Å². The predicted octanol–water partition coefficient (Wildman–Crippen LogP) is 1.07. The molecule has 3 atom stereocenters. The number of aromatic nitrogens is 2. The van der Waals surface area contributed by atoms with Crippen molar-refractivity contribution in [3.8, 4) is 0 Å². The molecule has 2 heterocycles. The van der Waals surface area contributed by atoms with E-state index >= 15 is 0 Å². The molecule has 0 amide bonds. The summed E-state index contributed by atoms with van der Waals surface area (Å²) in [6, 6.07) is 0.431. The van der Waals surface area contributed by atoms with Gasteiger partial charge in [-0.25, -0.2) is 4.98 Å². The molecule has 0 saturated carbocycles. The maximum atomic E-state index is 11.4. The number of hydrogen-bond acceptors (Lipinski definition) is 3. The van der Waals surface area contributed by atoms with Crippen LogP contribution < -0.4 is 5.32 Å². The molecule has 1 aliphatic heterocycles. The fourth-order valence-electron chi connectivity index (χ4n) is 2.09. The highest BCUT2D eigenvalue weighted by Crippen LogP contribution is 2.22. The lowest BCUT2D eigenvalue weighted by molar-refractivity contribution is 0.557. The molecule has 1 aromatic rings. The minimum Gasteiger partial charge on any atom is -0.332 e. The summed E-state index contributed by atoms with van der Waals surface area (Å²) in [6.07, 6.45) is 7.93. The van der Waals surface area contributed by atoms with Crippen LogP contribution in [0.1, 0.15) is 31.5 Å². The molecule has 16 heavy (non-hydrogen) atoms. The fourth-order valence-corrected chi connectivity index (χ4v) is 2.46. The van der Waals surface area contributed by atoms with Gasteiger partial charge in [-0.2, -0.15) is 0 Å². The van der Waals surface area contributed by atoms with Gasteiger partial charge < -0.3 is 9.88 Å². The highest BCUT2D eigenvalue weighted by Gasteiger charge is 2.20. The van der Waals surface area contributed by atoms with Gasteiger partial charge in [0.2, 0.25) is 0 Å². The van der Waals surface area contributed by atoms with E-state index in [-0.39, 0.29) is 5.25 Å². The van der Waals surface area contributed by atoms with Crippen molar-refractivity contribution in [1.82, 2.24) is 14.9 Å². The Hall–Kier alpha value is -0.680. The van der Waals surface area contributed by atoms with Crippen molar-refractivity contribution >= 4 is 10.8 Å². The zero-order valence-corrected chi connectivity index (χ0v) is 10.7. The van der Waals surface area contributed by atoms with Crippen LogP contribution in [0.2, 0.25) is 0 Å². The maximum absolute atomic E-state index is 11.4. The second-order valence-corrected chi connectivity index (χ2v) is 6.23. The van der Waals surface area contributed by atoms with Crippen molar-refractivity contribution in [1.29, 1.82) is 0 Å². The van der Waals surface area contributed by atoms with Crippen molar-refractivity contribution in [2.45, 2.75) is 37.6 Å². The number of rotatable bonds is 4. The molecule has 1 aliphatic rings. The van der Waals surface area contributed by atoms with E-state index in [1.165, 1.54) is 18.5 Å². The minimum absolute atomic E-state index is 0.175. The van der Waals surface area contributed by atoms with E-state index in [1.807, 2.05) is 19.4 Å². The van der Waals surface area contributed by atoms with Crippen LogP contribution in [0, 0.1) is 0 Å². The van der Waals surface area contributed by atoms with Gasteiger partial charge in [-0.3, -0.25) is 4.21 Å². The smallest absolute Gasteiger partial charge is 0.0949 e. The van der Waals surface area contributed by atoms with Gasteiger partial charge in [-0.15, -0.1) is 0 Å². The van der Waals surface area contributed by atoms with Crippen molar-refractivity contribution < 1.29 is 4.21 Å². The average Bonchev–Trinajstić information content (AvgIpc) is 2.85. The van der Waals surface area contributed by atoms with E-state index < -0.39 is 10.8 Å². The molecule has 0 aliphatic carbocycles. The third-order valence-corrected chi connectivity index (χ3v) is 4.46. The van der Waals surface area contributed by atoms with E-state index in [2.05, 4.69) is 14.9 Å². The van der Waals surface area contributed by atoms with Gasteiger partial charge in [0.05, 0.1) is 12.0 Å². The molecule has 0 spiro atoms. The van der Waals surface area contributed by atoms with Crippen molar-refractivity contribution in [3.05, 3.63) is 18.2 Å². The number of hydrogen-bond donors (Lipinski definition) is 1. The second kappa shape index (κ2) is 5.10. The second-order valence-electron chi connectivity index (χ2n) is 4.43. The molecule has 90 valence electrons. The van der Waals surface area contributed by atoms with E-state index in [0.29, 0.717) is 6.04 Å². The monoisotopic (exact) mass is 241 g/mol. The fraction of sp³-hybridized carbons (Fsp3) is 0.727. The summed E-state index contributed by atoms with van der Waals surface area (Å²) in [5, 5.41) is 3.64. The molecule has 1 aromatic heterocycles. The predicted molar refractivity (Wildman–Crippen MR) is 65.7 cm³/mol. The number of nitrogens with zero attached hydrogens (tertiary/aromatic N) is 2. The molecule has 4 nitrogen and oxygen atoms in total. The van der Waals surface area contributed by atoms with Gasteiger partial charge in [-0.1, -0.05) is 0 Å². The van der Waals surface area contributed by atoms with Crippen LogP contribution in [0.3, 0.4) is 0 Å². The normalized spacial score (nSPS) is 24.5. The molecule has 2 rings (SSSR count). The van der Waals surface area contributed by atoms with E-state index in [1.54, 1.807) is 6.26 Å². The van der Waals surface area contributed by atoms with Crippen LogP contribution >= 0.6 is 0 Å². The molecular formula is C11H19N3OS. The van der Waals surface area contributed by atoms with Crippen LogP contribution in [0.15, 0.2) is 12.5 Å². The highest BCUT2D eigenvalue weighted by molar-refractivity contribution is 7.84. The zero-order valence-electron chi connectivity index (χ0n) is 9.85. The van der Waals surface area contributed by atoms with Crippen LogP contribution in [-0.2, 0) is 17.3 Å². The lowest BCUT2D eigenvalue weighted by Gasteiger charge is -2.16. The third kappa shape index (κ3) is 2.52. The number of nitrogens with one attached hydrogen (secondary N) is 1. The van der Waals surface area contributed by atoms with Crippen molar-refractivity contribution in [3.63, 3.8) is 0 Å². The van der Waals surface area contributed by atoms with E-state index in [0.717, 1.165) is 13.1 Å². The first-order valence-corrected chi connectivity index (χ1v) is 7.36.